The second kappa shape index (κ2) is 3.33. The predicted molar refractivity (Wildman–Crippen MR) is 56.4 cm³/mol. The van der Waals surface area contributed by atoms with Crippen molar-refractivity contribution in [2.45, 2.75) is 0 Å². The molecule has 14 heavy (non-hydrogen) atoms. The van der Waals surface area contributed by atoms with Crippen LogP contribution in [-0.2, 0) is 0 Å². The maximum atomic E-state index is 13.3. The molecule has 0 aliphatic rings. The van der Waals surface area contributed by atoms with Gasteiger partial charge in [-0.25, -0.2) is 9.18 Å². The highest BCUT2D eigenvalue weighted by Gasteiger charge is 2.17. The first-order chi connectivity index (χ1) is 6.61. The van der Waals surface area contributed by atoms with E-state index in [1.807, 2.05) is 0 Å². The van der Waals surface area contributed by atoms with Crippen LogP contribution in [0.5, 0.6) is 0 Å². The number of carboxylic acid groups (broad SMARTS) is 1. The van der Waals surface area contributed by atoms with Gasteiger partial charge >= 0.3 is 5.97 Å². The number of carbonyl (C=O) groups is 1. The van der Waals surface area contributed by atoms with Crippen LogP contribution in [0.1, 0.15) is 10.4 Å². The van der Waals surface area contributed by atoms with Crippen molar-refractivity contribution >= 4 is 43.3 Å². The van der Waals surface area contributed by atoms with E-state index in [9.17, 15) is 9.18 Å². The maximum absolute atomic E-state index is 13.3. The number of thiophene rings is 1. The van der Waals surface area contributed by atoms with Crippen LogP contribution in [0.15, 0.2) is 22.0 Å². The van der Waals surface area contributed by atoms with E-state index < -0.39 is 11.8 Å². The molecule has 0 bridgehead atoms. The Morgan fingerprint density at radius 1 is 1.57 bits per heavy atom. The van der Waals surface area contributed by atoms with Crippen molar-refractivity contribution in [1.82, 2.24) is 0 Å². The number of halogens is 2. The summed E-state index contributed by atoms with van der Waals surface area (Å²) >= 11 is 4.47. The van der Waals surface area contributed by atoms with Crippen LogP contribution < -0.4 is 0 Å². The lowest BCUT2D eigenvalue weighted by atomic mass is 10.1. The average molecular weight is 275 g/mol. The summed E-state index contributed by atoms with van der Waals surface area (Å²) in [5.41, 5.74) is -0.309. The van der Waals surface area contributed by atoms with E-state index in [2.05, 4.69) is 15.9 Å². The van der Waals surface area contributed by atoms with E-state index in [0.717, 1.165) is 10.1 Å². The van der Waals surface area contributed by atoms with E-state index in [-0.39, 0.29) is 5.56 Å². The third-order valence-electron chi connectivity index (χ3n) is 1.86. The van der Waals surface area contributed by atoms with E-state index in [4.69, 9.17) is 5.11 Å². The van der Waals surface area contributed by atoms with Crippen molar-refractivity contribution in [3.63, 3.8) is 0 Å². The van der Waals surface area contributed by atoms with Gasteiger partial charge in [0, 0.05) is 14.6 Å². The Hall–Kier alpha value is -0.940. The van der Waals surface area contributed by atoms with Gasteiger partial charge in [0.1, 0.15) is 11.4 Å². The Kier molecular flexibility index (Phi) is 2.28. The van der Waals surface area contributed by atoms with Crippen LogP contribution >= 0.6 is 27.3 Å². The fraction of sp³-hybridized carbons (Fsp3) is 0. The summed E-state index contributed by atoms with van der Waals surface area (Å²) in [5, 5.41) is 11.3. The van der Waals surface area contributed by atoms with Gasteiger partial charge in [-0.05, 0) is 33.4 Å². The van der Waals surface area contributed by atoms with E-state index in [1.54, 1.807) is 11.4 Å². The van der Waals surface area contributed by atoms with Crippen LogP contribution in [0, 0.1) is 5.82 Å². The highest BCUT2D eigenvalue weighted by molar-refractivity contribution is 9.10. The molecule has 1 aromatic carbocycles. The largest absolute Gasteiger partial charge is 0.478 e. The molecule has 0 saturated heterocycles. The Labute approximate surface area is 91.1 Å². The second-order valence-corrected chi connectivity index (χ2v) is 4.43. The smallest absolute Gasteiger partial charge is 0.339 e. The topological polar surface area (TPSA) is 37.3 Å². The predicted octanol–water partition coefficient (Wildman–Crippen LogP) is 3.50. The molecule has 0 atom stereocenters. The summed E-state index contributed by atoms with van der Waals surface area (Å²) in [6.45, 7) is 0. The number of hydrogen-bond acceptors (Lipinski definition) is 2. The second-order valence-electron chi connectivity index (χ2n) is 2.68. The summed E-state index contributed by atoms with van der Waals surface area (Å²) in [6, 6.07) is 3.00. The lowest BCUT2D eigenvalue weighted by Crippen LogP contribution is -2.01. The minimum absolute atomic E-state index is 0.307. The van der Waals surface area contributed by atoms with Crippen molar-refractivity contribution < 1.29 is 14.3 Å². The molecule has 1 heterocycles. The van der Waals surface area contributed by atoms with E-state index >= 15 is 0 Å². The lowest BCUT2D eigenvalue weighted by molar-refractivity contribution is 0.0691. The van der Waals surface area contributed by atoms with Crippen LogP contribution in [0.3, 0.4) is 0 Å². The highest BCUT2D eigenvalue weighted by Crippen LogP contribution is 2.33. The normalized spacial score (nSPS) is 10.7. The van der Waals surface area contributed by atoms with Crippen molar-refractivity contribution in [3.8, 4) is 0 Å². The van der Waals surface area contributed by atoms with Crippen LogP contribution in [0.25, 0.3) is 10.1 Å². The molecule has 2 rings (SSSR count). The summed E-state index contributed by atoms with van der Waals surface area (Å²) in [5.74, 6) is -1.97. The van der Waals surface area contributed by atoms with Crippen LogP contribution in [-0.4, -0.2) is 11.1 Å². The minimum Gasteiger partial charge on any atom is -0.478 e. The van der Waals surface area contributed by atoms with Crippen molar-refractivity contribution in [3.05, 3.63) is 33.4 Å². The summed E-state index contributed by atoms with van der Waals surface area (Å²) < 4.78 is 14.3. The van der Waals surface area contributed by atoms with E-state index in [1.165, 1.54) is 17.4 Å². The van der Waals surface area contributed by atoms with Gasteiger partial charge in [0.2, 0.25) is 0 Å². The summed E-state index contributed by atoms with van der Waals surface area (Å²) in [7, 11) is 0. The number of carboxylic acids is 1. The Morgan fingerprint density at radius 3 is 2.93 bits per heavy atom. The SMILES string of the molecule is O=C(O)c1c(F)cc2sccc2c1Br. The van der Waals surface area contributed by atoms with Gasteiger partial charge in [-0.15, -0.1) is 11.3 Å². The molecule has 0 unspecified atom stereocenters. The zero-order valence-electron chi connectivity index (χ0n) is 6.75. The molecule has 0 aliphatic carbocycles. The Morgan fingerprint density at radius 2 is 2.29 bits per heavy atom. The highest BCUT2D eigenvalue weighted by atomic mass is 79.9. The van der Waals surface area contributed by atoms with Crippen molar-refractivity contribution in [2.24, 2.45) is 0 Å². The molecule has 0 saturated carbocycles. The number of benzene rings is 1. The number of fused-ring (bicyclic) bond motifs is 1. The quantitative estimate of drug-likeness (QED) is 0.864. The molecular weight excluding hydrogens is 271 g/mol. The standard InChI is InChI=1S/C9H4BrFO2S/c10-8-4-1-2-14-6(4)3-5(11)7(8)9(12)13/h1-3H,(H,12,13). The summed E-state index contributed by atoms with van der Waals surface area (Å²) in [4.78, 5) is 10.7. The average Bonchev–Trinajstić information content (AvgIpc) is 2.50. The molecule has 2 nitrogen and oxygen atoms in total. The third kappa shape index (κ3) is 1.33. The third-order valence-corrected chi connectivity index (χ3v) is 3.55. The van der Waals surface area contributed by atoms with Gasteiger partial charge in [0.25, 0.3) is 0 Å². The first kappa shape index (κ1) is 9.61. The van der Waals surface area contributed by atoms with Gasteiger partial charge in [-0.3, -0.25) is 0 Å². The maximum Gasteiger partial charge on any atom is 0.339 e. The number of hydrogen-bond donors (Lipinski definition) is 1. The van der Waals surface area contributed by atoms with Gasteiger partial charge in [0.15, 0.2) is 0 Å². The molecule has 0 aliphatic heterocycles. The molecule has 0 fully saturated rings. The molecular formula is C9H4BrFO2S. The molecule has 5 heteroatoms. The van der Waals surface area contributed by atoms with Gasteiger partial charge < -0.3 is 5.11 Å². The first-order valence-corrected chi connectivity index (χ1v) is 5.37. The number of aromatic carboxylic acids is 1. The molecule has 1 aromatic heterocycles. The monoisotopic (exact) mass is 274 g/mol. The zero-order chi connectivity index (χ0) is 10.3. The zero-order valence-corrected chi connectivity index (χ0v) is 9.15. The van der Waals surface area contributed by atoms with Crippen LogP contribution in [0.4, 0.5) is 4.39 Å². The van der Waals surface area contributed by atoms with Gasteiger partial charge in [-0.1, -0.05) is 0 Å². The minimum atomic E-state index is -1.26. The molecule has 0 spiro atoms. The molecule has 0 radical (unpaired) electrons. The Bertz CT molecular complexity index is 521. The molecule has 0 amide bonds. The number of rotatable bonds is 1. The van der Waals surface area contributed by atoms with Gasteiger partial charge in [-0.2, -0.15) is 0 Å². The fourth-order valence-corrected chi connectivity index (χ4v) is 2.89. The molecule has 2 aromatic rings. The van der Waals surface area contributed by atoms with E-state index in [0.29, 0.717) is 4.47 Å². The fourth-order valence-electron chi connectivity index (χ4n) is 1.24. The van der Waals surface area contributed by atoms with Gasteiger partial charge in [0.05, 0.1) is 0 Å². The lowest BCUT2D eigenvalue weighted by Gasteiger charge is -2.01. The molecule has 72 valence electrons. The Balaban J connectivity index is 2.89. The van der Waals surface area contributed by atoms with Crippen molar-refractivity contribution in [1.29, 1.82) is 0 Å². The van der Waals surface area contributed by atoms with Crippen molar-refractivity contribution in [2.75, 3.05) is 0 Å². The molecule has 1 N–H and O–H groups in total. The van der Waals surface area contributed by atoms with Crippen LogP contribution in [0.2, 0.25) is 0 Å². The summed E-state index contributed by atoms with van der Waals surface area (Å²) in [6.07, 6.45) is 0. The first-order valence-electron chi connectivity index (χ1n) is 3.69.